The predicted octanol–water partition coefficient (Wildman–Crippen LogP) is 3.13. The Morgan fingerprint density at radius 1 is 1.25 bits per heavy atom. The third-order valence-electron chi connectivity index (χ3n) is 4.06. The average Bonchev–Trinajstić information content (AvgIpc) is 2.82. The summed E-state index contributed by atoms with van der Waals surface area (Å²) in [5.41, 5.74) is 0. The van der Waals surface area contributed by atoms with Gasteiger partial charge < -0.3 is 4.90 Å². The van der Waals surface area contributed by atoms with Gasteiger partial charge >= 0.3 is 0 Å². The molecule has 2 rings (SSSR count). The summed E-state index contributed by atoms with van der Waals surface area (Å²) < 4.78 is 0. The number of nitrogens with zero attached hydrogens (tertiary/aromatic N) is 1. The molecular weight excluding hydrogens is 198 g/mol. The van der Waals surface area contributed by atoms with Crippen molar-refractivity contribution in [2.24, 2.45) is 5.92 Å². The average molecular weight is 221 g/mol. The minimum atomic E-state index is 0.350. The Hall–Kier alpha value is -0.790. The number of carbonyl (C=O) groups is 1. The summed E-state index contributed by atoms with van der Waals surface area (Å²) >= 11 is 0. The smallest absolute Gasteiger partial charge is 0.223 e. The fraction of sp³-hybridized carbons (Fsp3) is 0.786. The highest BCUT2D eigenvalue weighted by atomic mass is 16.2. The van der Waals surface area contributed by atoms with Gasteiger partial charge in [-0.1, -0.05) is 31.4 Å². The van der Waals surface area contributed by atoms with Crippen molar-refractivity contribution in [1.82, 2.24) is 4.90 Å². The number of hydrogen-bond acceptors (Lipinski definition) is 1. The normalized spacial score (nSPS) is 25.9. The topological polar surface area (TPSA) is 20.3 Å². The van der Waals surface area contributed by atoms with Crippen LogP contribution in [0.1, 0.15) is 51.4 Å². The van der Waals surface area contributed by atoms with Gasteiger partial charge in [-0.2, -0.15) is 0 Å². The number of carbonyl (C=O) groups excluding carboxylic acids is 1. The molecule has 2 heteroatoms. The standard InChI is InChI=1S/C14H23NO/c1-15(13-9-3-2-4-10-13)14(16)11-12-7-5-6-8-12/h5,7,12-13H,2-4,6,8-11H2,1H3. The largest absolute Gasteiger partial charge is 0.343 e. The van der Waals surface area contributed by atoms with Crippen molar-refractivity contribution >= 4 is 5.91 Å². The Kier molecular flexibility index (Phi) is 4.03. The lowest BCUT2D eigenvalue weighted by Gasteiger charge is -2.31. The second-order valence-electron chi connectivity index (χ2n) is 5.27. The van der Waals surface area contributed by atoms with E-state index in [1.165, 1.54) is 38.5 Å². The molecule has 0 heterocycles. The Morgan fingerprint density at radius 3 is 2.62 bits per heavy atom. The van der Waals surface area contributed by atoms with Crippen molar-refractivity contribution in [3.63, 3.8) is 0 Å². The van der Waals surface area contributed by atoms with Crippen LogP contribution in [0.5, 0.6) is 0 Å². The van der Waals surface area contributed by atoms with Gasteiger partial charge in [0.1, 0.15) is 0 Å². The number of amides is 1. The van der Waals surface area contributed by atoms with E-state index >= 15 is 0 Å². The van der Waals surface area contributed by atoms with Gasteiger partial charge in [-0.3, -0.25) is 4.79 Å². The van der Waals surface area contributed by atoms with Gasteiger partial charge in [0.2, 0.25) is 5.91 Å². The third-order valence-corrected chi connectivity index (χ3v) is 4.06. The first-order valence-corrected chi connectivity index (χ1v) is 6.69. The molecule has 1 unspecified atom stereocenters. The van der Waals surface area contributed by atoms with E-state index in [0.29, 0.717) is 17.9 Å². The quantitative estimate of drug-likeness (QED) is 0.670. The zero-order chi connectivity index (χ0) is 11.4. The van der Waals surface area contributed by atoms with Gasteiger partial charge in [0.15, 0.2) is 0 Å². The molecular formula is C14H23NO. The molecule has 2 aliphatic rings. The minimum absolute atomic E-state index is 0.350. The molecule has 1 atom stereocenters. The van der Waals surface area contributed by atoms with E-state index in [1.54, 1.807) is 0 Å². The zero-order valence-corrected chi connectivity index (χ0v) is 10.3. The SMILES string of the molecule is CN(C(=O)CC1C=CCC1)C1CCCCC1. The van der Waals surface area contributed by atoms with Crippen molar-refractivity contribution in [2.75, 3.05) is 7.05 Å². The number of rotatable bonds is 3. The van der Waals surface area contributed by atoms with Gasteiger partial charge in [-0.15, -0.1) is 0 Å². The van der Waals surface area contributed by atoms with Crippen molar-refractivity contribution < 1.29 is 4.79 Å². The minimum Gasteiger partial charge on any atom is -0.343 e. The molecule has 1 amide bonds. The molecule has 2 nitrogen and oxygen atoms in total. The fourth-order valence-corrected chi connectivity index (χ4v) is 2.91. The maximum atomic E-state index is 12.1. The van der Waals surface area contributed by atoms with Crippen LogP contribution in [0, 0.1) is 5.92 Å². The molecule has 0 aromatic carbocycles. The van der Waals surface area contributed by atoms with Crippen LogP contribution in [-0.2, 0) is 4.79 Å². The maximum absolute atomic E-state index is 12.1. The van der Waals surface area contributed by atoms with E-state index in [9.17, 15) is 4.79 Å². The molecule has 0 aliphatic heterocycles. The van der Waals surface area contributed by atoms with Crippen LogP contribution in [0.15, 0.2) is 12.2 Å². The molecule has 0 N–H and O–H groups in total. The van der Waals surface area contributed by atoms with E-state index in [4.69, 9.17) is 0 Å². The summed E-state index contributed by atoms with van der Waals surface area (Å²) in [5, 5.41) is 0. The third kappa shape index (κ3) is 2.87. The van der Waals surface area contributed by atoms with Gasteiger partial charge in [0, 0.05) is 19.5 Å². The summed E-state index contributed by atoms with van der Waals surface area (Å²) in [6, 6.07) is 0.520. The molecule has 0 saturated heterocycles. The first kappa shape index (κ1) is 11.7. The lowest BCUT2D eigenvalue weighted by Crippen LogP contribution is -2.38. The predicted molar refractivity (Wildman–Crippen MR) is 66.1 cm³/mol. The van der Waals surface area contributed by atoms with Crippen molar-refractivity contribution in [1.29, 1.82) is 0 Å². The molecule has 0 bridgehead atoms. The van der Waals surface area contributed by atoms with Gasteiger partial charge in [-0.25, -0.2) is 0 Å². The van der Waals surface area contributed by atoms with Crippen LogP contribution in [0.4, 0.5) is 0 Å². The lowest BCUT2D eigenvalue weighted by atomic mass is 9.94. The molecule has 1 fully saturated rings. The second kappa shape index (κ2) is 5.51. The first-order valence-electron chi connectivity index (χ1n) is 6.69. The second-order valence-corrected chi connectivity index (χ2v) is 5.27. The van der Waals surface area contributed by atoms with E-state index in [2.05, 4.69) is 12.2 Å². The van der Waals surface area contributed by atoms with Crippen molar-refractivity contribution in [2.45, 2.75) is 57.4 Å². The highest BCUT2D eigenvalue weighted by Gasteiger charge is 2.23. The summed E-state index contributed by atoms with van der Waals surface area (Å²) in [7, 11) is 2.00. The van der Waals surface area contributed by atoms with Crippen molar-refractivity contribution in [3.8, 4) is 0 Å². The summed E-state index contributed by atoms with van der Waals surface area (Å²) in [5.74, 6) is 0.863. The highest BCUT2D eigenvalue weighted by molar-refractivity contribution is 5.76. The highest BCUT2D eigenvalue weighted by Crippen LogP contribution is 2.25. The van der Waals surface area contributed by atoms with E-state index in [-0.39, 0.29) is 0 Å². The molecule has 0 aromatic heterocycles. The van der Waals surface area contributed by atoms with Crippen LogP contribution in [0.2, 0.25) is 0 Å². The monoisotopic (exact) mass is 221 g/mol. The number of hydrogen-bond donors (Lipinski definition) is 0. The lowest BCUT2D eigenvalue weighted by molar-refractivity contribution is -0.133. The maximum Gasteiger partial charge on any atom is 0.223 e. The van der Waals surface area contributed by atoms with Crippen LogP contribution in [-0.4, -0.2) is 23.9 Å². The van der Waals surface area contributed by atoms with Crippen LogP contribution in [0.3, 0.4) is 0 Å². The van der Waals surface area contributed by atoms with E-state index in [1.807, 2.05) is 11.9 Å². The molecule has 0 aromatic rings. The van der Waals surface area contributed by atoms with Gasteiger partial charge in [0.05, 0.1) is 0 Å². The molecule has 0 radical (unpaired) electrons. The Labute approximate surface area is 98.7 Å². The summed E-state index contributed by atoms with van der Waals surface area (Å²) in [6.07, 6.45) is 13.8. The Morgan fingerprint density at radius 2 is 2.00 bits per heavy atom. The molecule has 16 heavy (non-hydrogen) atoms. The van der Waals surface area contributed by atoms with Crippen LogP contribution >= 0.6 is 0 Å². The van der Waals surface area contributed by atoms with E-state index in [0.717, 1.165) is 12.8 Å². The summed E-state index contributed by atoms with van der Waals surface area (Å²) in [6.45, 7) is 0. The van der Waals surface area contributed by atoms with Crippen molar-refractivity contribution in [3.05, 3.63) is 12.2 Å². The molecule has 90 valence electrons. The number of allylic oxidation sites excluding steroid dienone is 2. The fourth-order valence-electron chi connectivity index (χ4n) is 2.91. The van der Waals surface area contributed by atoms with Crippen LogP contribution in [0.25, 0.3) is 0 Å². The van der Waals surface area contributed by atoms with Gasteiger partial charge in [0.25, 0.3) is 0 Å². The van der Waals surface area contributed by atoms with E-state index < -0.39 is 0 Å². The molecule has 1 saturated carbocycles. The molecule has 2 aliphatic carbocycles. The zero-order valence-electron chi connectivity index (χ0n) is 10.3. The Balaban J connectivity index is 1.80. The molecule has 0 spiro atoms. The summed E-state index contributed by atoms with van der Waals surface area (Å²) in [4.78, 5) is 14.1. The van der Waals surface area contributed by atoms with Crippen LogP contribution < -0.4 is 0 Å². The van der Waals surface area contributed by atoms with Gasteiger partial charge in [-0.05, 0) is 31.6 Å². The first-order chi connectivity index (χ1) is 7.77. The Bertz CT molecular complexity index is 266.